The minimum atomic E-state index is -1.25. The smallest absolute Gasteiger partial charge is 0.312 e. The van der Waals surface area contributed by atoms with Crippen LogP contribution in [-0.2, 0) is 13.6 Å². The van der Waals surface area contributed by atoms with E-state index in [2.05, 4.69) is 62.3 Å². The second-order valence-corrected chi connectivity index (χ2v) is 9.95. The van der Waals surface area contributed by atoms with Crippen molar-refractivity contribution in [2.75, 3.05) is 19.8 Å². The standard InChI is InChI=1S/C15H33O3P/c1-13(2,3)10-16-19(17-11-14(4,5)6)18-12-15(7,8)9/h10-12H2,1-9H3. The Morgan fingerprint density at radius 1 is 0.526 bits per heavy atom. The van der Waals surface area contributed by atoms with E-state index in [4.69, 9.17) is 13.6 Å². The van der Waals surface area contributed by atoms with Gasteiger partial charge in [0.25, 0.3) is 0 Å². The maximum Gasteiger partial charge on any atom is 0.332 e. The molecule has 0 rings (SSSR count). The highest BCUT2D eigenvalue weighted by atomic mass is 31.2. The van der Waals surface area contributed by atoms with E-state index in [9.17, 15) is 0 Å². The Labute approximate surface area is 121 Å². The Bertz CT molecular complexity index is 203. The quantitative estimate of drug-likeness (QED) is 0.613. The summed E-state index contributed by atoms with van der Waals surface area (Å²) in [6.07, 6.45) is 0. The predicted molar refractivity (Wildman–Crippen MR) is 83.1 cm³/mol. The molecule has 0 atom stereocenters. The van der Waals surface area contributed by atoms with Gasteiger partial charge in [-0.1, -0.05) is 62.3 Å². The van der Waals surface area contributed by atoms with E-state index in [1.54, 1.807) is 0 Å². The predicted octanol–water partition coefficient (Wildman–Crippen LogP) is 5.40. The highest BCUT2D eigenvalue weighted by Gasteiger charge is 2.23. The first-order valence-electron chi connectivity index (χ1n) is 6.97. The summed E-state index contributed by atoms with van der Waals surface area (Å²) in [4.78, 5) is 0. The molecular weight excluding hydrogens is 259 g/mol. The van der Waals surface area contributed by atoms with E-state index in [-0.39, 0.29) is 16.2 Å². The fraction of sp³-hybridized carbons (Fsp3) is 1.00. The van der Waals surface area contributed by atoms with Crippen LogP contribution in [0.15, 0.2) is 0 Å². The molecule has 0 unspecified atom stereocenters. The first-order valence-corrected chi connectivity index (χ1v) is 8.07. The molecule has 0 aromatic rings. The van der Waals surface area contributed by atoms with E-state index < -0.39 is 8.60 Å². The van der Waals surface area contributed by atoms with Crippen molar-refractivity contribution in [3.05, 3.63) is 0 Å². The maximum atomic E-state index is 5.82. The van der Waals surface area contributed by atoms with Gasteiger partial charge in [-0.15, -0.1) is 0 Å². The summed E-state index contributed by atoms with van der Waals surface area (Å²) in [5.41, 5.74) is 0.365. The third kappa shape index (κ3) is 14.5. The zero-order valence-corrected chi connectivity index (χ0v) is 15.2. The highest BCUT2D eigenvalue weighted by molar-refractivity contribution is 7.41. The summed E-state index contributed by atoms with van der Waals surface area (Å²) in [6.45, 7) is 21.3. The molecule has 0 heterocycles. The van der Waals surface area contributed by atoms with Crippen molar-refractivity contribution in [3.63, 3.8) is 0 Å². The Balaban J connectivity index is 4.30. The van der Waals surface area contributed by atoms with Crippen molar-refractivity contribution >= 4 is 8.60 Å². The zero-order valence-electron chi connectivity index (χ0n) is 14.3. The minimum absolute atomic E-state index is 0.122. The summed E-state index contributed by atoms with van der Waals surface area (Å²) in [5.74, 6) is 0. The van der Waals surface area contributed by atoms with Gasteiger partial charge in [0, 0.05) is 0 Å². The molecule has 0 aromatic heterocycles. The topological polar surface area (TPSA) is 27.7 Å². The molecule has 0 spiro atoms. The van der Waals surface area contributed by atoms with Gasteiger partial charge in [-0.3, -0.25) is 0 Å². The monoisotopic (exact) mass is 292 g/mol. The number of rotatable bonds is 6. The van der Waals surface area contributed by atoms with Crippen LogP contribution in [0.5, 0.6) is 0 Å². The van der Waals surface area contributed by atoms with Crippen LogP contribution >= 0.6 is 8.60 Å². The van der Waals surface area contributed by atoms with Crippen molar-refractivity contribution in [3.8, 4) is 0 Å². The van der Waals surface area contributed by atoms with Gasteiger partial charge in [0.15, 0.2) is 0 Å². The van der Waals surface area contributed by atoms with Crippen molar-refractivity contribution < 1.29 is 13.6 Å². The molecule has 0 saturated carbocycles. The van der Waals surface area contributed by atoms with Gasteiger partial charge in [0.2, 0.25) is 0 Å². The molecule has 0 bridgehead atoms. The fourth-order valence-electron chi connectivity index (χ4n) is 0.851. The molecule has 0 N–H and O–H groups in total. The summed E-state index contributed by atoms with van der Waals surface area (Å²) in [6, 6.07) is 0. The Morgan fingerprint density at radius 3 is 0.895 bits per heavy atom. The third-order valence-electron chi connectivity index (χ3n) is 1.81. The van der Waals surface area contributed by atoms with Crippen molar-refractivity contribution in [1.29, 1.82) is 0 Å². The third-order valence-corrected chi connectivity index (χ3v) is 2.83. The van der Waals surface area contributed by atoms with Gasteiger partial charge in [-0.2, -0.15) is 0 Å². The molecule has 0 amide bonds. The Kier molecular flexibility index (Phi) is 7.48. The summed E-state index contributed by atoms with van der Waals surface area (Å²) in [7, 11) is -1.25. The van der Waals surface area contributed by atoms with Crippen molar-refractivity contribution in [1.82, 2.24) is 0 Å². The molecule has 3 nitrogen and oxygen atoms in total. The van der Waals surface area contributed by atoms with Gasteiger partial charge >= 0.3 is 8.60 Å². The SMILES string of the molecule is CC(C)(C)COP(OCC(C)(C)C)OCC(C)(C)C. The maximum absolute atomic E-state index is 5.82. The number of hydrogen-bond acceptors (Lipinski definition) is 3. The van der Waals surface area contributed by atoms with Crippen LogP contribution in [0.2, 0.25) is 0 Å². The molecule has 4 heteroatoms. The fourth-order valence-corrected chi connectivity index (χ4v) is 2.55. The summed E-state index contributed by atoms with van der Waals surface area (Å²) in [5, 5.41) is 0. The van der Waals surface area contributed by atoms with E-state index >= 15 is 0 Å². The van der Waals surface area contributed by atoms with Gasteiger partial charge in [0.05, 0.1) is 19.8 Å². The normalized spacial score (nSPS) is 14.2. The largest absolute Gasteiger partial charge is 0.332 e. The van der Waals surface area contributed by atoms with Crippen LogP contribution in [0.1, 0.15) is 62.3 Å². The van der Waals surface area contributed by atoms with Crippen molar-refractivity contribution in [2.24, 2.45) is 16.2 Å². The molecule has 0 aliphatic rings. The van der Waals surface area contributed by atoms with Gasteiger partial charge in [0.1, 0.15) is 0 Å². The Hall–Kier alpha value is 0.310. The van der Waals surface area contributed by atoms with Crippen LogP contribution in [0.3, 0.4) is 0 Å². The molecule has 116 valence electrons. The lowest BCUT2D eigenvalue weighted by atomic mass is 9.99. The molecule has 0 aliphatic carbocycles. The van der Waals surface area contributed by atoms with Gasteiger partial charge in [-0.25, -0.2) is 0 Å². The highest BCUT2D eigenvalue weighted by Crippen LogP contribution is 2.44. The Morgan fingerprint density at radius 2 is 0.737 bits per heavy atom. The van der Waals surface area contributed by atoms with Crippen LogP contribution in [0.4, 0.5) is 0 Å². The summed E-state index contributed by atoms with van der Waals surface area (Å²) >= 11 is 0. The second-order valence-electron chi connectivity index (χ2n) is 8.73. The average Bonchev–Trinajstić information content (AvgIpc) is 2.11. The lowest BCUT2D eigenvalue weighted by Crippen LogP contribution is -2.19. The van der Waals surface area contributed by atoms with Crippen LogP contribution < -0.4 is 0 Å². The second kappa shape index (κ2) is 7.36. The minimum Gasteiger partial charge on any atom is -0.312 e. The van der Waals surface area contributed by atoms with E-state index in [1.165, 1.54) is 0 Å². The molecular formula is C15H33O3P. The van der Waals surface area contributed by atoms with Crippen LogP contribution in [0, 0.1) is 16.2 Å². The van der Waals surface area contributed by atoms with Gasteiger partial charge < -0.3 is 13.6 Å². The average molecular weight is 292 g/mol. The first-order chi connectivity index (χ1) is 8.29. The molecule has 0 saturated heterocycles. The van der Waals surface area contributed by atoms with E-state index in [0.717, 1.165) is 0 Å². The lowest BCUT2D eigenvalue weighted by molar-refractivity contribution is 0.0828. The zero-order chi connectivity index (χ0) is 15.3. The molecule has 0 radical (unpaired) electrons. The number of hydrogen-bond donors (Lipinski definition) is 0. The van der Waals surface area contributed by atoms with Crippen LogP contribution in [0.25, 0.3) is 0 Å². The van der Waals surface area contributed by atoms with E-state index in [1.807, 2.05) is 0 Å². The van der Waals surface area contributed by atoms with Crippen molar-refractivity contribution in [2.45, 2.75) is 62.3 Å². The van der Waals surface area contributed by atoms with Crippen LogP contribution in [-0.4, -0.2) is 19.8 Å². The van der Waals surface area contributed by atoms with E-state index in [0.29, 0.717) is 19.8 Å². The molecule has 0 aliphatic heterocycles. The molecule has 0 aromatic carbocycles. The molecule has 19 heavy (non-hydrogen) atoms. The first kappa shape index (κ1) is 19.3. The molecule has 0 fully saturated rings. The lowest BCUT2D eigenvalue weighted by Gasteiger charge is -2.27. The summed E-state index contributed by atoms with van der Waals surface area (Å²) < 4.78 is 17.5. The van der Waals surface area contributed by atoms with Gasteiger partial charge in [-0.05, 0) is 16.2 Å².